The molecule has 0 aliphatic carbocycles. The number of para-hydroxylation sites is 1. The van der Waals surface area contributed by atoms with Gasteiger partial charge in [-0.15, -0.1) is 0 Å². The number of hydrogen-bond acceptors (Lipinski definition) is 2. The lowest BCUT2D eigenvalue weighted by atomic mass is 10.1. The van der Waals surface area contributed by atoms with Crippen LogP contribution in [0, 0.1) is 0 Å². The lowest BCUT2D eigenvalue weighted by molar-refractivity contribution is -0.117. The molecule has 1 aromatic carbocycles. The van der Waals surface area contributed by atoms with E-state index >= 15 is 0 Å². The number of primary amides is 1. The van der Waals surface area contributed by atoms with Crippen LogP contribution in [0.4, 0.5) is 5.69 Å². The molecule has 86 valence electrons. The maximum absolute atomic E-state index is 10.8. The van der Waals surface area contributed by atoms with E-state index in [0.717, 1.165) is 19.5 Å². The SMILES string of the molecule is NC(=O)CCN1CCCCc2ccccc21. The van der Waals surface area contributed by atoms with Crippen molar-refractivity contribution < 1.29 is 4.79 Å². The Morgan fingerprint density at radius 3 is 2.94 bits per heavy atom. The summed E-state index contributed by atoms with van der Waals surface area (Å²) >= 11 is 0. The summed E-state index contributed by atoms with van der Waals surface area (Å²) in [7, 11) is 0. The molecule has 1 amide bonds. The van der Waals surface area contributed by atoms with Gasteiger partial charge in [0.1, 0.15) is 0 Å². The molecule has 1 aromatic rings. The molecule has 0 unspecified atom stereocenters. The van der Waals surface area contributed by atoms with Crippen molar-refractivity contribution in [3.05, 3.63) is 29.8 Å². The third-order valence-electron chi connectivity index (χ3n) is 3.08. The Kier molecular flexibility index (Phi) is 3.44. The minimum atomic E-state index is -0.221. The van der Waals surface area contributed by atoms with Gasteiger partial charge in [-0.1, -0.05) is 18.2 Å². The van der Waals surface area contributed by atoms with E-state index in [-0.39, 0.29) is 5.91 Å². The second kappa shape index (κ2) is 5.01. The molecule has 0 fully saturated rings. The number of carbonyl (C=O) groups excluding carboxylic acids is 1. The Morgan fingerprint density at radius 1 is 1.31 bits per heavy atom. The molecule has 3 nitrogen and oxygen atoms in total. The number of carbonyl (C=O) groups is 1. The van der Waals surface area contributed by atoms with Crippen LogP contribution in [0.2, 0.25) is 0 Å². The molecule has 1 aliphatic rings. The van der Waals surface area contributed by atoms with Gasteiger partial charge in [-0.25, -0.2) is 0 Å². The molecule has 0 radical (unpaired) electrons. The van der Waals surface area contributed by atoms with Gasteiger partial charge < -0.3 is 10.6 Å². The molecule has 0 atom stereocenters. The maximum atomic E-state index is 10.8. The molecule has 16 heavy (non-hydrogen) atoms. The number of hydrogen-bond donors (Lipinski definition) is 1. The quantitative estimate of drug-likeness (QED) is 0.839. The van der Waals surface area contributed by atoms with Gasteiger partial charge in [-0.05, 0) is 30.9 Å². The van der Waals surface area contributed by atoms with Crippen LogP contribution in [0.5, 0.6) is 0 Å². The molecule has 0 saturated heterocycles. The summed E-state index contributed by atoms with van der Waals surface area (Å²) in [5.74, 6) is -0.221. The number of rotatable bonds is 3. The minimum Gasteiger partial charge on any atom is -0.371 e. The third kappa shape index (κ3) is 2.54. The molecule has 1 aliphatic heterocycles. The van der Waals surface area contributed by atoms with Gasteiger partial charge in [0.05, 0.1) is 0 Å². The van der Waals surface area contributed by atoms with E-state index in [2.05, 4.69) is 29.2 Å². The van der Waals surface area contributed by atoms with Crippen LogP contribution in [0.3, 0.4) is 0 Å². The highest BCUT2D eigenvalue weighted by Gasteiger charge is 2.14. The van der Waals surface area contributed by atoms with E-state index in [9.17, 15) is 4.79 Å². The lowest BCUT2D eigenvalue weighted by Crippen LogP contribution is -2.28. The Bertz CT molecular complexity index is 376. The van der Waals surface area contributed by atoms with Crippen LogP contribution in [0.25, 0.3) is 0 Å². The number of aryl methyl sites for hydroxylation is 1. The van der Waals surface area contributed by atoms with Gasteiger partial charge in [0.15, 0.2) is 0 Å². The number of nitrogens with zero attached hydrogens (tertiary/aromatic N) is 1. The largest absolute Gasteiger partial charge is 0.371 e. The highest BCUT2D eigenvalue weighted by atomic mass is 16.1. The normalized spacial score (nSPS) is 15.4. The van der Waals surface area contributed by atoms with Crippen molar-refractivity contribution in [1.82, 2.24) is 0 Å². The first-order chi connectivity index (χ1) is 7.77. The first-order valence-electron chi connectivity index (χ1n) is 5.88. The zero-order valence-electron chi connectivity index (χ0n) is 9.48. The molecular weight excluding hydrogens is 200 g/mol. The molecule has 2 N–H and O–H groups in total. The fourth-order valence-corrected chi connectivity index (χ4v) is 2.25. The van der Waals surface area contributed by atoms with Crippen LogP contribution < -0.4 is 10.6 Å². The van der Waals surface area contributed by atoms with Gasteiger partial charge in [0.2, 0.25) is 5.91 Å². The molecule has 3 heteroatoms. The lowest BCUT2D eigenvalue weighted by Gasteiger charge is -2.24. The zero-order valence-corrected chi connectivity index (χ0v) is 9.48. The molecule has 2 rings (SSSR count). The average Bonchev–Trinajstić information content (AvgIpc) is 2.48. The summed E-state index contributed by atoms with van der Waals surface area (Å²) in [4.78, 5) is 13.1. The molecule has 0 spiro atoms. The zero-order chi connectivity index (χ0) is 11.4. The topological polar surface area (TPSA) is 46.3 Å². The fourth-order valence-electron chi connectivity index (χ4n) is 2.25. The number of nitrogens with two attached hydrogens (primary N) is 1. The van der Waals surface area contributed by atoms with Crippen molar-refractivity contribution in [3.63, 3.8) is 0 Å². The second-order valence-electron chi connectivity index (χ2n) is 4.29. The van der Waals surface area contributed by atoms with E-state index in [1.54, 1.807) is 0 Å². The monoisotopic (exact) mass is 218 g/mol. The van der Waals surface area contributed by atoms with E-state index in [0.29, 0.717) is 6.42 Å². The van der Waals surface area contributed by atoms with Gasteiger partial charge in [0, 0.05) is 25.2 Å². The van der Waals surface area contributed by atoms with Crippen molar-refractivity contribution in [2.75, 3.05) is 18.0 Å². The smallest absolute Gasteiger partial charge is 0.219 e. The van der Waals surface area contributed by atoms with Crippen LogP contribution in [-0.2, 0) is 11.2 Å². The standard InChI is InChI=1S/C13H18N2O/c14-13(16)8-10-15-9-4-3-6-11-5-1-2-7-12(11)15/h1-2,5,7H,3-4,6,8-10H2,(H2,14,16). The predicted octanol–water partition coefficient (Wildman–Crippen LogP) is 1.70. The van der Waals surface area contributed by atoms with E-state index in [1.807, 2.05) is 0 Å². The second-order valence-corrected chi connectivity index (χ2v) is 4.29. The number of benzene rings is 1. The van der Waals surface area contributed by atoms with E-state index in [4.69, 9.17) is 5.73 Å². The number of amides is 1. The minimum absolute atomic E-state index is 0.221. The summed E-state index contributed by atoms with van der Waals surface area (Å²) in [6, 6.07) is 8.46. The van der Waals surface area contributed by atoms with Gasteiger partial charge in [0.25, 0.3) is 0 Å². The Hall–Kier alpha value is -1.51. The molecular formula is C13H18N2O. The molecule has 0 saturated carbocycles. The van der Waals surface area contributed by atoms with E-state index in [1.165, 1.54) is 24.1 Å². The van der Waals surface area contributed by atoms with Crippen LogP contribution in [0.1, 0.15) is 24.8 Å². The average molecular weight is 218 g/mol. The molecule has 1 heterocycles. The van der Waals surface area contributed by atoms with Gasteiger partial charge >= 0.3 is 0 Å². The first-order valence-corrected chi connectivity index (χ1v) is 5.88. The van der Waals surface area contributed by atoms with E-state index < -0.39 is 0 Å². The first kappa shape index (κ1) is 11.0. The third-order valence-corrected chi connectivity index (χ3v) is 3.08. The predicted molar refractivity (Wildman–Crippen MR) is 65.4 cm³/mol. The maximum Gasteiger partial charge on any atom is 0.219 e. The summed E-state index contributed by atoms with van der Waals surface area (Å²) in [5.41, 5.74) is 7.88. The van der Waals surface area contributed by atoms with Crippen molar-refractivity contribution in [2.45, 2.75) is 25.7 Å². The summed E-state index contributed by atoms with van der Waals surface area (Å²) in [6.07, 6.45) is 4.00. The summed E-state index contributed by atoms with van der Waals surface area (Å²) in [5, 5.41) is 0. The molecule has 0 bridgehead atoms. The summed E-state index contributed by atoms with van der Waals surface area (Å²) in [6.45, 7) is 1.77. The fraction of sp³-hybridized carbons (Fsp3) is 0.462. The van der Waals surface area contributed by atoms with Crippen LogP contribution in [-0.4, -0.2) is 19.0 Å². The van der Waals surface area contributed by atoms with Crippen LogP contribution >= 0.6 is 0 Å². The van der Waals surface area contributed by atoms with Crippen molar-refractivity contribution in [3.8, 4) is 0 Å². The van der Waals surface area contributed by atoms with Gasteiger partial charge in [-0.3, -0.25) is 4.79 Å². The Labute approximate surface area is 96.2 Å². The van der Waals surface area contributed by atoms with Crippen molar-refractivity contribution in [1.29, 1.82) is 0 Å². The number of fused-ring (bicyclic) bond motifs is 1. The van der Waals surface area contributed by atoms with Gasteiger partial charge in [-0.2, -0.15) is 0 Å². The number of anilines is 1. The van der Waals surface area contributed by atoms with Crippen molar-refractivity contribution in [2.24, 2.45) is 5.73 Å². The van der Waals surface area contributed by atoms with Crippen molar-refractivity contribution >= 4 is 11.6 Å². The Balaban J connectivity index is 2.15. The highest BCUT2D eigenvalue weighted by molar-refractivity contribution is 5.74. The van der Waals surface area contributed by atoms with Crippen LogP contribution in [0.15, 0.2) is 24.3 Å². The Morgan fingerprint density at radius 2 is 2.12 bits per heavy atom. The molecule has 0 aromatic heterocycles. The highest BCUT2D eigenvalue weighted by Crippen LogP contribution is 2.25. The summed E-state index contributed by atoms with van der Waals surface area (Å²) < 4.78 is 0.